The highest BCUT2D eigenvalue weighted by Gasteiger charge is 2.35. The Labute approximate surface area is 164 Å². The third-order valence-electron chi connectivity index (χ3n) is 5.04. The zero-order valence-electron chi connectivity index (χ0n) is 16.3. The van der Waals surface area contributed by atoms with E-state index in [9.17, 15) is 14.4 Å². The molecule has 2 amide bonds. The Kier molecular flexibility index (Phi) is 5.78. The number of carbonyl (C=O) groups excluding carboxylic acids is 3. The fourth-order valence-corrected chi connectivity index (χ4v) is 3.31. The molecule has 1 aliphatic heterocycles. The summed E-state index contributed by atoms with van der Waals surface area (Å²) in [4.78, 5) is 38.6. The van der Waals surface area contributed by atoms with Crippen LogP contribution in [0, 0.1) is 12.8 Å². The number of carbonyl (C=O) groups is 3. The Bertz CT molecular complexity index is 923. The molecule has 0 aromatic heterocycles. The van der Waals surface area contributed by atoms with Gasteiger partial charge in [0.05, 0.1) is 18.6 Å². The molecule has 146 valence electrons. The van der Waals surface area contributed by atoms with Crippen LogP contribution in [0.5, 0.6) is 0 Å². The van der Waals surface area contributed by atoms with Crippen molar-refractivity contribution in [2.45, 2.75) is 26.7 Å². The van der Waals surface area contributed by atoms with Gasteiger partial charge in [0.1, 0.15) is 0 Å². The maximum atomic E-state index is 12.8. The van der Waals surface area contributed by atoms with Gasteiger partial charge in [-0.15, -0.1) is 0 Å². The maximum absolute atomic E-state index is 12.8. The van der Waals surface area contributed by atoms with E-state index in [0.29, 0.717) is 17.8 Å². The quantitative estimate of drug-likeness (QED) is 0.808. The molecule has 3 rings (SSSR count). The summed E-state index contributed by atoms with van der Waals surface area (Å²) in [6.45, 7) is 4.25. The van der Waals surface area contributed by atoms with E-state index in [1.807, 2.05) is 31.2 Å². The molecule has 0 aliphatic carbocycles. The van der Waals surface area contributed by atoms with Gasteiger partial charge in [0, 0.05) is 24.3 Å². The molecular weight excluding hydrogens is 356 g/mol. The number of rotatable bonds is 5. The number of nitrogens with zero attached hydrogens (tertiary/aromatic N) is 1. The highest BCUT2D eigenvalue weighted by molar-refractivity contribution is 6.04. The van der Waals surface area contributed by atoms with Crippen molar-refractivity contribution >= 4 is 29.2 Å². The van der Waals surface area contributed by atoms with Crippen molar-refractivity contribution < 1.29 is 19.1 Å². The van der Waals surface area contributed by atoms with Crippen molar-refractivity contribution in [3.05, 3.63) is 59.2 Å². The van der Waals surface area contributed by atoms with Crippen LogP contribution >= 0.6 is 0 Å². The Morgan fingerprint density at radius 3 is 2.71 bits per heavy atom. The van der Waals surface area contributed by atoms with E-state index in [-0.39, 0.29) is 18.2 Å². The molecule has 6 heteroatoms. The maximum Gasteiger partial charge on any atom is 0.337 e. The first-order chi connectivity index (χ1) is 13.4. The lowest BCUT2D eigenvalue weighted by atomic mass is 10.1. The van der Waals surface area contributed by atoms with Gasteiger partial charge in [-0.1, -0.05) is 25.1 Å². The molecule has 28 heavy (non-hydrogen) atoms. The lowest BCUT2D eigenvalue weighted by molar-refractivity contribution is -0.122. The van der Waals surface area contributed by atoms with Gasteiger partial charge in [0.15, 0.2) is 0 Å². The number of benzene rings is 2. The fraction of sp³-hybridized carbons (Fsp3) is 0.318. The van der Waals surface area contributed by atoms with Gasteiger partial charge < -0.3 is 15.0 Å². The minimum atomic E-state index is -0.464. The van der Waals surface area contributed by atoms with Crippen LogP contribution in [0.4, 0.5) is 11.4 Å². The molecule has 1 heterocycles. The first kappa shape index (κ1) is 19.6. The highest BCUT2D eigenvalue weighted by Crippen LogP contribution is 2.27. The lowest BCUT2D eigenvalue weighted by Gasteiger charge is -2.18. The largest absolute Gasteiger partial charge is 0.465 e. The monoisotopic (exact) mass is 380 g/mol. The number of nitrogens with one attached hydrogen (secondary N) is 1. The van der Waals surface area contributed by atoms with Gasteiger partial charge in [-0.25, -0.2) is 4.79 Å². The molecular formula is C22H24N2O4. The molecule has 1 saturated heterocycles. The van der Waals surface area contributed by atoms with Gasteiger partial charge in [-0.2, -0.15) is 0 Å². The number of esters is 1. The lowest BCUT2D eigenvalue weighted by Crippen LogP contribution is -2.28. The number of hydrogen-bond donors (Lipinski definition) is 1. The fourth-order valence-electron chi connectivity index (χ4n) is 3.31. The number of hydrogen-bond acceptors (Lipinski definition) is 4. The van der Waals surface area contributed by atoms with E-state index in [1.54, 1.807) is 23.1 Å². The smallest absolute Gasteiger partial charge is 0.337 e. The number of ether oxygens (including phenoxy) is 1. The molecule has 2 aromatic carbocycles. The molecule has 1 N–H and O–H groups in total. The molecule has 1 aliphatic rings. The number of anilines is 2. The average Bonchev–Trinajstić information content (AvgIpc) is 3.11. The SMILES string of the molecule is CCc1cccc(N2C[C@@H](C(=O)Nc3cc(C(=O)OC)ccc3C)CC2=O)c1. The molecule has 0 spiro atoms. The van der Waals surface area contributed by atoms with Gasteiger partial charge >= 0.3 is 5.97 Å². The summed E-state index contributed by atoms with van der Waals surface area (Å²) >= 11 is 0. The minimum Gasteiger partial charge on any atom is -0.465 e. The zero-order valence-corrected chi connectivity index (χ0v) is 16.3. The van der Waals surface area contributed by atoms with Crippen molar-refractivity contribution in [1.29, 1.82) is 0 Å². The summed E-state index contributed by atoms with van der Waals surface area (Å²) in [6.07, 6.45) is 1.05. The molecule has 0 radical (unpaired) electrons. The van der Waals surface area contributed by atoms with Crippen LogP contribution in [0.3, 0.4) is 0 Å². The predicted molar refractivity (Wildman–Crippen MR) is 107 cm³/mol. The number of amides is 2. The van der Waals surface area contributed by atoms with Gasteiger partial charge in [0.2, 0.25) is 11.8 Å². The van der Waals surface area contributed by atoms with Gasteiger partial charge in [-0.3, -0.25) is 9.59 Å². The van der Waals surface area contributed by atoms with Crippen LogP contribution in [0.25, 0.3) is 0 Å². The molecule has 0 unspecified atom stereocenters. The summed E-state index contributed by atoms with van der Waals surface area (Å²) in [5, 5.41) is 2.86. The van der Waals surface area contributed by atoms with Crippen LogP contribution < -0.4 is 10.2 Å². The number of aryl methyl sites for hydroxylation is 2. The first-order valence-electron chi connectivity index (χ1n) is 9.32. The summed E-state index contributed by atoms with van der Waals surface area (Å²) in [7, 11) is 1.31. The standard InChI is InChI=1S/C22H24N2O4/c1-4-15-6-5-7-18(10-15)24-13-17(12-20(24)25)21(26)23-19-11-16(22(27)28-3)9-8-14(19)2/h5-11,17H,4,12-13H2,1-3H3,(H,23,26)/t17-/m0/s1. The second kappa shape index (κ2) is 8.25. The van der Waals surface area contributed by atoms with E-state index >= 15 is 0 Å². The molecule has 0 saturated carbocycles. The van der Waals surface area contributed by atoms with Crippen LogP contribution in [0.15, 0.2) is 42.5 Å². The highest BCUT2D eigenvalue weighted by atomic mass is 16.5. The molecule has 2 aromatic rings. The Balaban J connectivity index is 1.74. The Morgan fingerprint density at radius 2 is 2.00 bits per heavy atom. The Hall–Kier alpha value is -3.15. The second-order valence-corrected chi connectivity index (χ2v) is 6.94. The van der Waals surface area contributed by atoms with Crippen molar-refractivity contribution in [2.24, 2.45) is 5.92 Å². The summed E-state index contributed by atoms with van der Waals surface area (Å²) < 4.78 is 4.73. The van der Waals surface area contributed by atoms with Crippen LogP contribution in [-0.2, 0) is 20.7 Å². The summed E-state index contributed by atoms with van der Waals surface area (Å²) in [5.41, 5.74) is 3.71. The third-order valence-corrected chi connectivity index (χ3v) is 5.04. The topological polar surface area (TPSA) is 75.7 Å². The first-order valence-corrected chi connectivity index (χ1v) is 9.32. The van der Waals surface area contributed by atoms with Crippen LogP contribution in [-0.4, -0.2) is 31.4 Å². The minimum absolute atomic E-state index is 0.0616. The molecule has 0 bridgehead atoms. The van der Waals surface area contributed by atoms with Crippen molar-refractivity contribution in [3.8, 4) is 0 Å². The zero-order chi connectivity index (χ0) is 20.3. The predicted octanol–water partition coefficient (Wildman–Crippen LogP) is 3.34. The normalized spacial score (nSPS) is 16.2. The van der Waals surface area contributed by atoms with E-state index in [0.717, 1.165) is 23.2 Å². The van der Waals surface area contributed by atoms with Crippen molar-refractivity contribution in [2.75, 3.05) is 23.9 Å². The molecule has 6 nitrogen and oxygen atoms in total. The molecule has 1 fully saturated rings. The van der Waals surface area contributed by atoms with E-state index in [4.69, 9.17) is 4.74 Å². The Morgan fingerprint density at radius 1 is 1.21 bits per heavy atom. The van der Waals surface area contributed by atoms with Crippen LogP contribution in [0.1, 0.15) is 34.8 Å². The number of methoxy groups -OCH3 is 1. The van der Waals surface area contributed by atoms with E-state index in [2.05, 4.69) is 12.2 Å². The van der Waals surface area contributed by atoms with Gasteiger partial charge in [0.25, 0.3) is 0 Å². The van der Waals surface area contributed by atoms with Crippen molar-refractivity contribution in [1.82, 2.24) is 0 Å². The third kappa shape index (κ3) is 4.06. The second-order valence-electron chi connectivity index (χ2n) is 6.94. The summed E-state index contributed by atoms with van der Waals surface area (Å²) in [6, 6.07) is 12.8. The van der Waals surface area contributed by atoms with E-state index in [1.165, 1.54) is 7.11 Å². The van der Waals surface area contributed by atoms with Crippen LogP contribution in [0.2, 0.25) is 0 Å². The molecule has 1 atom stereocenters. The summed E-state index contributed by atoms with van der Waals surface area (Å²) in [5.74, 6) is -1.20. The van der Waals surface area contributed by atoms with Crippen molar-refractivity contribution in [3.63, 3.8) is 0 Å². The van der Waals surface area contributed by atoms with Gasteiger partial charge in [-0.05, 0) is 48.7 Å². The average molecular weight is 380 g/mol. The van der Waals surface area contributed by atoms with E-state index < -0.39 is 11.9 Å².